The molecule has 2 aliphatic heterocycles. The van der Waals surface area contributed by atoms with E-state index in [-0.39, 0.29) is 24.8 Å². The zero-order valence-corrected chi connectivity index (χ0v) is 17.3. The molecule has 0 unspecified atom stereocenters. The molecule has 7 heteroatoms. The number of fused-ring (bicyclic) bond motifs is 4. The van der Waals surface area contributed by atoms with Gasteiger partial charge in [-0.15, -0.1) is 0 Å². The number of aromatic amines is 1. The van der Waals surface area contributed by atoms with E-state index in [0.29, 0.717) is 13.0 Å². The van der Waals surface area contributed by atoms with E-state index in [9.17, 15) is 4.79 Å². The van der Waals surface area contributed by atoms with Gasteiger partial charge in [-0.05, 0) is 53.4 Å². The summed E-state index contributed by atoms with van der Waals surface area (Å²) in [6.45, 7) is 0.698. The zero-order valence-electron chi connectivity index (χ0n) is 17.3. The van der Waals surface area contributed by atoms with Gasteiger partial charge in [-0.1, -0.05) is 24.3 Å². The highest BCUT2D eigenvalue weighted by molar-refractivity contribution is 5.88. The first kappa shape index (κ1) is 18.9. The number of hydrogen-bond donors (Lipinski definition) is 3. The third-order valence-electron chi connectivity index (χ3n) is 6.17. The minimum atomic E-state index is -0.362. The van der Waals surface area contributed by atoms with Gasteiger partial charge in [-0.3, -0.25) is 15.1 Å². The lowest BCUT2D eigenvalue weighted by Crippen LogP contribution is -2.49. The fourth-order valence-electron chi connectivity index (χ4n) is 4.57. The number of ether oxygens (including phenoxy) is 2. The van der Waals surface area contributed by atoms with Crippen molar-refractivity contribution in [2.45, 2.75) is 25.0 Å². The summed E-state index contributed by atoms with van der Waals surface area (Å²) in [5.74, 6) is 1.45. The maximum absolute atomic E-state index is 13.2. The quantitative estimate of drug-likeness (QED) is 0.466. The first-order valence-electron chi connectivity index (χ1n) is 10.7. The van der Waals surface area contributed by atoms with Gasteiger partial charge < -0.3 is 19.8 Å². The highest BCUT2D eigenvalue weighted by Crippen LogP contribution is 2.39. The van der Waals surface area contributed by atoms with E-state index in [1.54, 1.807) is 12.4 Å². The first-order valence-corrected chi connectivity index (χ1v) is 10.7. The molecule has 32 heavy (non-hydrogen) atoms. The average Bonchev–Trinajstić information content (AvgIpc) is 3.46. The molecule has 2 aromatic heterocycles. The van der Waals surface area contributed by atoms with E-state index < -0.39 is 0 Å². The van der Waals surface area contributed by atoms with E-state index in [2.05, 4.69) is 32.7 Å². The van der Waals surface area contributed by atoms with Crippen LogP contribution in [0, 0.1) is 0 Å². The smallest absolute Gasteiger partial charge is 0.237 e. The normalized spacial score (nSPS) is 19.0. The number of para-hydroxylation sites is 1. The number of amides is 1. The molecule has 1 amide bonds. The maximum atomic E-state index is 13.2. The zero-order chi connectivity index (χ0) is 21.5. The Balaban J connectivity index is 1.34. The highest BCUT2D eigenvalue weighted by Gasteiger charge is 2.34. The molecular formula is C25H22N4O3. The first-order chi connectivity index (χ1) is 15.8. The number of H-pyrrole nitrogens is 1. The molecule has 0 bridgehead atoms. The van der Waals surface area contributed by atoms with Crippen LogP contribution in [0.25, 0.3) is 10.9 Å². The van der Waals surface area contributed by atoms with E-state index >= 15 is 0 Å². The van der Waals surface area contributed by atoms with Gasteiger partial charge in [0.2, 0.25) is 12.7 Å². The Labute approximate surface area is 184 Å². The van der Waals surface area contributed by atoms with Crippen molar-refractivity contribution in [2.24, 2.45) is 0 Å². The van der Waals surface area contributed by atoms with E-state index in [1.807, 2.05) is 42.5 Å². The number of hydrogen-bond acceptors (Lipinski definition) is 5. The second-order valence-electron chi connectivity index (χ2n) is 8.11. The summed E-state index contributed by atoms with van der Waals surface area (Å²) >= 11 is 0. The van der Waals surface area contributed by atoms with Gasteiger partial charge in [0.15, 0.2) is 11.5 Å². The Morgan fingerprint density at radius 1 is 1.06 bits per heavy atom. The Morgan fingerprint density at radius 2 is 1.91 bits per heavy atom. The van der Waals surface area contributed by atoms with Gasteiger partial charge >= 0.3 is 0 Å². The number of nitrogens with one attached hydrogen (secondary N) is 3. The van der Waals surface area contributed by atoms with Gasteiger partial charge in [0.25, 0.3) is 0 Å². The standard InChI is InChI=1S/C25H22N4O3/c30-25(27-13-15-7-9-26-10-8-15)20-12-18-17-3-1-2-4-19(17)28-24(18)23(29-20)16-5-6-21-22(11-16)32-14-31-21/h1-11,20,23,28-29H,12-14H2,(H,27,30)/t20-,23+/m1/s1. The Bertz CT molecular complexity index is 1300. The fraction of sp³-hybridized carbons (Fsp3) is 0.200. The van der Waals surface area contributed by atoms with Gasteiger partial charge in [-0.2, -0.15) is 0 Å². The molecule has 2 atom stereocenters. The van der Waals surface area contributed by atoms with Crippen LogP contribution in [0.1, 0.15) is 28.4 Å². The monoisotopic (exact) mass is 426 g/mol. The van der Waals surface area contributed by atoms with Crippen molar-refractivity contribution < 1.29 is 14.3 Å². The molecule has 4 aromatic rings. The van der Waals surface area contributed by atoms with Gasteiger partial charge in [-0.25, -0.2) is 0 Å². The molecule has 2 aliphatic rings. The molecule has 4 heterocycles. The predicted octanol–water partition coefficient (Wildman–Crippen LogP) is 3.21. The Morgan fingerprint density at radius 3 is 2.81 bits per heavy atom. The molecule has 0 saturated heterocycles. The molecule has 6 rings (SSSR count). The van der Waals surface area contributed by atoms with E-state index in [4.69, 9.17) is 9.47 Å². The summed E-state index contributed by atoms with van der Waals surface area (Å²) in [6.07, 6.45) is 4.07. The summed E-state index contributed by atoms with van der Waals surface area (Å²) in [6, 6.07) is 17.5. The molecule has 0 aliphatic carbocycles. The van der Waals surface area contributed by atoms with Gasteiger partial charge in [0, 0.05) is 35.5 Å². The van der Waals surface area contributed by atoms with Gasteiger partial charge in [0.05, 0.1) is 12.1 Å². The molecule has 0 radical (unpaired) electrons. The van der Waals surface area contributed by atoms with Crippen LogP contribution in [0.4, 0.5) is 0 Å². The summed E-state index contributed by atoms with van der Waals surface area (Å²) < 4.78 is 11.1. The van der Waals surface area contributed by atoms with E-state index in [1.165, 1.54) is 5.56 Å². The summed E-state index contributed by atoms with van der Waals surface area (Å²) in [5.41, 5.74) is 5.37. The number of aromatic nitrogens is 2. The summed E-state index contributed by atoms with van der Waals surface area (Å²) in [5, 5.41) is 7.79. The second kappa shape index (κ2) is 7.69. The minimum Gasteiger partial charge on any atom is -0.454 e. The summed E-state index contributed by atoms with van der Waals surface area (Å²) in [7, 11) is 0. The van der Waals surface area contributed by atoms with Crippen LogP contribution >= 0.6 is 0 Å². The Kier molecular flexibility index (Phi) is 4.54. The van der Waals surface area contributed by atoms with Crippen molar-refractivity contribution in [1.82, 2.24) is 20.6 Å². The van der Waals surface area contributed by atoms with Crippen molar-refractivity contribution in [3.8, 4) is 11.5 Å². The fourth-order valence-corrected chi connectivity index (χ4v) is 4.57. The predicted molar refractivity (Wildman–Crippen MR) is 119 cm³/mol. The third-order valence-corrected chi connectivity index (χ3v) is 6.17. The lowest BCUT2D eigenvalue weighted by atomic mass is 9.90. The summed E-state index contributed by atoms with van der Waals surface area (Å²) in [4.78, 5) is 20.8. The lowest BCUT2D eigenvalue weighted by Gasteiger charge is -2.31. The number of nitrogens with zero attached hydrogens (tertiary/aromatic N) is 1. The molecule has 2 aromatic carbocycles. The topological polar surface area (TPSA) is 88.3 Å². The average molecular weight is 426 g/mol. The van der Waals surface area contributed by atoms with Crippen LogP contribution in [-0.2, 0) is 17.8 Å². The molecule has 7 nitrogen and oxygen atoms in total. The molecule has 0 saturated carbocycles. The lowest BCUT2D eigenvalue weighted by molar-refractivity contribution is -0.123. The van der Waals surface area contributed by atoms with Gasteiger partial charge in [0.1, 0.15) is 0 Å². The number of rotatable bonds is 4. The van der Waals surface area contributed by atoms with Crippen molar-refractivity contribution in [3.63, 3.8) is 0 Å². The molecule has 160 valence electrons. The molecular weight excluding hydrogens is 404 g/mol. The SMILES string of the molecule is O=C(NCc1ccncc1)[C@H]1Cc2c([nH]c3ccccc23)[C@H](c2ccc3c(c2)OCO3)N1. The second-order valence-corrected chi connectivity index (χ2v) is 8.11. The van der Waals surface area contributed by atoms with Crippen molar-refractivity contribution in [3.05, 3.63) is 89.4 Å². The number of pyridine rings is 1. The van der Waals surface area contributed by atoms with Crippen molar-refractivity contribution >= 4 is 16.8 Å². The van der Waals surface area contributed by atoms with Crippen LogP contribution in [0.15, 0.2) is 67.0 Å². The van der Waals surface area contributed by atoms with Crippen LogP contribution in [0.3, 0.4) is 0 Å². The maximum Gasteiger partial charge on any atom is 0.237 e. The number of carbonyl (C=O) groups excluding carboxylic acids is 1. The van der Waals surface area contributed by atoms with E-state index in [0.717, 1.165) is 39.2 Å². The van der Waals surface area contributed by atoms with Crippen LogP contribution in [-0.4, -0.2) is 28.7 Å². The Hall–Kier alpha value is -3.84. The minimum absolute atomic E-state index is 0.0245. The van der Waals surface area contributed by atoms with Crippen LogP contribution < -0.4 is 20.1 Å². The van der Waals surface area contributed by atoms with Crippen LogP contribution in [0.2, 0.25) is 0 Å². The van der Waals surface area contributed by atoms with Crippen molar-refractivity contribution in [1.29, 1.82) is 0 Å². The third kappa shape index (κ3) is 3.27. The molecule has 3 N–H and O–H groups in total. The highest BCUT2D eigenvalue weighted by atomic mass is 16.7. The molecule has 0 spiro atoms. The van der Waals surface area contributed by atoms with Crippen molar-refractivity contribution in [2.75, 3.05) is 6.79 Å². The number of benzene rings is 2. The van der Waals surface area contributed by atoms with Crippen LogP contribution in [0.5, 0.6) is 11.5 Å². The number of carbonyl (C=O) groups is 1. The molecule has 0 fully saturated rings. The largest absolute Gasteiger partial charge is 0.454 e.